The first-order chi connectivity index (χ1) is 15.3. The minimum absolute atomic E-state index is 0.0563. The lowest BCUT2D eigenvalue weighted by Crippen LogP contribution is -2.28. The SMILES string of the molecule is COC(=O)N(C)c1c(N)nc(-c2nn(Cc3ccccc3F)c3cc(F)ccc23)nc1N. The summed E-state index contributed by atoms with van der Waals surface area (Å²) in [5.74, 6) is -0.952. The fourth-order valence-electron chi connectivity index (χ4n) is 3.39. The van der Waals surface area contributed by atoms with Gasteiger partial charge in [-0.2, -0.15) is 5.10 Å². The van der Waals surface area contributed by atoms with Crippen LogP contribution >= 0.6 is 0 Å². The molecule has 4 N–H and O–H groups in total. The first kappa shape index (κ1) is 21.0. The Bertz CT molecular complexity index is 1320. The highest BCUT2D eigenvalue weighted by atomic mass is 19.1. The predicted octanol–water partition coefficient (Wildman–Crippen LogP) is 3.19. The molecule has 0 aliphatic rings. The largest absolute Gasteiger partial charge is 0.452 e. The van der Waals surface area contributed by atoms with Gasteiger partial charge >= 0.3 is 6.09 Å². The number of rotatable bonds is 4. The third-order valence-electron chi connectivity index (χ3n) is 4.93. The van der Waals surface area contributed by atoms with Crippen LogP contribution < -0.4 is 16.4 Å². The molecule has 1 amide bonds. The average molecular weight is 439 g/mol. The zero-order valence-corrected chi connectivity index (χ0v) is 17.2. The highest BCUT2D eigenvalue weighted by Crippen LogP contribution is 2.33. The van der Waals surface area contributed by atoms with Gasteiger partial charge in [-0.15, -0.1) is 0 Å². The highest BCUT2D eigenvalue weighted by molar-refractivity contribution is 5.96. The molecule has 0 fully saturated rings. The van der Waals surface area contributed by atoms with Gasteiger partial charge in [0.1, 0.15) is 23.0 Å². The van der Waals surface area contributed by atoms with Crippen molar-refractivity contribution in [1.29, 1.82) is 0 Å². The molecule has 9 nitrogen and oxygen atoms in total. The van der Waals surface area contributed by atoms with Gasteiger partial charge in [0.15, 0.2) is 17.5 Å². The van der Waals surface area contributed by atoms with Crippen LogP contribution in [0.1, 0.15) is 5.56 Å². The van der Waals surface area contributed by atoms with Gasteiger partial charge in [0, 0.05) is 18.0 Å². The van der Waals surface area contributed by atoms with Crippen molar-refractivity contribution in [1.82, 2.24) is 19.7 Å². The van der Waals surface area contributed by atoms with Gasteiger partial charge in [0.25, 0.3) is 0 Å². The van der Waals surface area contributed by atoms with Gasteiger partial charge in [-0.25, -0.2) is 23.5 Å². The van der Waals surface area contributed by atoms with Crippen LogP contribution in [-0.4, -0.2) is 40.0 Å². The molecule has 11 heteroatoms. The standard InChI is InChI=1S/C21H19F2N7O2/c1-29(21(31)32-2)17-18(24)26-20(27-19(17)25)16-13-8-7-12(22)9-15(13)30(28-16)10-11-5-3-4-6-14(11)23/h3-9H,10H2,1-2H3,(H4,24,25,26,27). The number of benzene rings is 2. The molecule has 0 aliphatic heterocycles. The second kappa shape index (κ2) is 8.10. The van der Waals surface area contributed by atoms with E-state index < -0.39 is 17.7 Å². The lowest BCUT2D eigenvalue weighted by molar-refractivity contribution is 0.180. The van der Waals surface area contributed by atoms with Crippen LogP contribution in [0.5, 0.6) is 0 Å². The molecule has 0 aliphatic carbocycles. The normalized spacial score (nSPS) is 11.0. The van der Waals surface area contributed by atoms with E-state index >= 15 is 0 Å². The zero-order chi connectivity index (χ0) is 23.0. The number of amides is 1. The molecular weight excluding hydrogens is 420 g/mol. The van der Waals surface area contributed by atoms with E-state index in [1.54, 1.807) is 18.2 Å². The second-order valence-corrected chi connectivity index (χ2v) is 6.95. The van der Waals surface area contributed by atoms with Crippen LogP contribution in [-0.2, 0) is 11.3 Å². The number of anilines is 3. The van der Waals surface area contributed by atoms with E-state index in [1.165, 1.54) is 43.1 Å². The van der Waals surface area contributed by atoms with Crippen molar-refractivity contribution in [3.8, 4) is 11.5 Å². The summed E-state index contributed by atoms with van der Waals surface area (Å²) in [7, 11) is 2.63. The number of carbonyl (C=O) groups excluding carboxylic acids is 1. The van der Waals surface area contributed by atoms with Gasteiger partial charge in [-0.05, 0) is 24.3 Å². The van der Waals surface area contributed by atoms with E-state index in [2.05, 4.69) is 19.8 Å². The maximum atomic E-state index is 14.2. The molecule has 0 saturated heterocycles. The van der Waals surface area contributed by atoms with E-state index in [9.17, 15) is 13.6 Å². The number of carbonyl (C=O) groups is 1. The molecule has 4 rings (SSSR count). The summed E-state index contributed by atoms with van der Waals surface area (Å²) in [5, 5.41) is 5.01. The Morgan fingerprint density at radius 1 is 1.12 bits per heavy atom. The minimum atomic E-state index is -0.699. The van der Waals surface area contributed by atoms with Crippen LogP contribution in [0, 0.1) is 11.6 Å². The molecular formula is C21H19F2N7O2. The van der Waals surface area contributed by atoms with Crippen LogP contribution in [0.2, 0.25) is 0 Å². The van der Waals surface area contributed by atoms with E-state index in [4.69, 9.17) is 11.5 Å². The first-order valence-corrected chi connectivity index (χ1v) is 9.44. The Morgan fingerprint density at radius 3 is 2.47 bits per heavy atom. The Hall–Kier alpha value is -4.28. The molecule has 0 saturated carbocycles. The van der Waals surface area contributed by atoms with Gasteiger partial charge in [-0.1, -0.05) is 18.2 Å². The van der Waals surface area contributed by atoms with Crippen LogP contribution in [0.3, 0.4) is 0 Å². The number of halogens is 2. The number of fused-ring (bicyclic) bond motifs is 1. The number of hydrogen-bond acceptors (Lipinski definition) is 7. The minimum Gasteiger partial charge on any atom is -0.452 e. The van der Waals surface area contributed by atoms with Crippen LogP contribution in [0.25, 0.3) is 22.4 Å². The number of methoxy groups -OCH3 is 1. The van der Waals surface area contributed by atoms with Crippen molar-refractivity contribution in [3.05, 3.63) is 59.7 Å². The van der Waals surface area contributed by atoms with Crippen molar-refractivity contribution < 1.29 is 18.3 Å². The molecule has 164 valence electrons. The number of nitrogens with zero attached hydrogens (tertiary/aromatic N) is 5. The number of nitrogen functional groups attached to an aromatic ring is 2. The lowest BCUT2D eigenvalue weighted by Gasteiger charge is -2.18. The molecule has 2 aromatic heterocycles. The summed E-state index contributed by atoms with van der Waals surface area (Å²) in [5.41, 5.74) is 13.3. The molecule has 0 spiro atoms. The summed E-state index contributed by atoms with van der Waals surface area (Å²) >= 11 is 0. The van der Waals surface area contributed by atoms with E-state index in [-0.39, 0.29) is 35.4 Å². The van der Waals surface area contributed by atoms with E-state index in [1.807, 2.05) is 0 Å². The average Bonchev–Trinajstić information content (AvgIpc) is 3.11. The summed E-state index contributed by atoms with van der Waals surface area (Å²) in [6.45, 7) is 0.0563. The summed E-state index contributed by atoms with van der Waals surface area (Å²) in [6.07, 6.45) is -0.699. The molecule has 2 aromatic carbocycles. The number of ether oxygens (including phenoxy) is 1. The monoisotopic (exact) mass is 439 g/mol. The highest BCUT2D eigenvalue weighted by Gasteiger charge is 2.23. The van der Waals surface area contributed by atoms with Crippen molar-refractivity contribution in [2.75, 3.05) is 30.5 Å². The quantitative estimate of drug-likeness (QED) is 0.500. The van der Waals surface area contributed by atoms with Crippen molar-refractivity contribution in [2.45, 2.75) is 6.54 Å². The van der Waals surface area contributed by atoms with Gasteiger partial charge in [0.2, 0.25) is 0 Å². The van der Waals surface area contributed by atoms with Gasteiger partial charge in [-0.3, -0.25) is 9.58 Å². The molecule has 4 aromatic rings. The third kappa shape index (κ3) is 3.64. The summed E-state index contributed by atoms with van der Waals surface area (Å²) in [4.78, 5) is 21.4. The lowest BCUT2D eigenvalue weighted by atomic mass is 10.2. The molecule has 0 unspecified atom stereocenters. The maximum Gasteiger partial charge on any atom is 0.413 e. The Balaban J connectivity index is 1.85. The zero-order valence-electron chi connectivity index (χ0n) is 17.2. The summed E-state index contributed by atoms with van der Waals surface area (Å²) < 4.78 is 34.3. The fourth-order valence-corrected chi connectivity index (χ4v) is 3.39. The number of hydrogen-bond donors (Lipinski definition) is 2. The Morgan fingerprint density at radius 2 is 1.81 bits per heavy atom. The predicted molar refractivity (Wildman–Crippen MR) is 116 cm³/mol. The maximum absolute atomic E-state index is 14.2. The molecule has 32 heavy (non-hydrogen) atoms. The topological polar surface area (TPSA) is 125 Å². The Labute approximate surface area is 181 Å². The summed E-state index contributed by atoms with van der Waals surface area (Å²) in [6, 6.07) is 10.3. The number of nitrogens with two attached hydrogens (primary N) is 2. The van der Waals surface area contributed by atoms with Gasteiger partial charge < -0.3 is 16.2 Å². The van der Waals surface area contributed by atoms with Crippen molar-refractivity contribution >= 4 is 34.3 Å². The molecule has 0 bridgehead atoms. The molecule has 2 heterocycles. The fraction of sp³-hybridized carbons (Fsp3) is 0.143. The molecule has 0 atom stereocenters. The van der Waals surface area contributed by atoms with Crippen molar-refractivity contribution in [2.24, 2.45) is 0 Å². The molecule has 0 radical (unpaired) electrons. The van der Waals surface area contributed by atoms with E-state index in [0.29, 0.717) is 16.5 Å². The van der Waals surface area contributed by atoms with Crippen LogP contribution in [0.15, 0.2) is 42.5 Å². The third-order valence-corrected chi connectivity index (χ3v) is 4.93. The second-order valence-electron chi connectivity index (χ2n) is 6.95. The van der Waals surface area contributed by atoms with Gasteiger partial charge in [0.05, 0.1) is 19.2 Å². The smallest absolute Gasteiger partial charge is 0.413 e. The number of aromatic nitrogens is 4. The van der Waals surface area contributed by atoms with Crippen LogP contribution in [0.4, 0.5) is 30.9 Å². The van der Waals surface area contributed by atoms with E-state index in [0.717, 1.165) is 4.90 Å². The Kier molecular flexibility index (Phi) is 5.31. The van der Waals surface area contributed by atoms with Crippen molar-refractivity contribution in [3.63, 3.8) is 0 Å². The first-order valence-electron chi connectivity index (χ1n) is 9.44.